The summed E-state index contributed by atoms with van der Waals surface area (Å²) in [5.41, 5.74) is 8.27. The first kappa shape index (κ1) is 18.0. The molecule has 0 aliphatic heterocycles. The van der Waals surface area contributed by atoms with E-state index in [4.69, 9.17) is 45.6 Å². The molecule has 1 aromatic heterocycles. The molecule has 0 aliphatic rings. The summed E-state index contributed by atoms with van der Waals surface area (Å²) in [6, 6.07) is 5.87. The van der Waals surface area contributed by atoms with E-state index < -0.39 is 11.9 Å². The Balaban J connectivity index is 2.12. The SMILES string of the molecule is Nc1c(Cl)c(Cl)nc(C(=O)N/N=C/c2ccc(C(=O)O)cc2)c1Cl. The highest BCUT2D eigenvalue weighted by Gasteiger charge is 2.19. The molecule has 7 nitrogen and oxygen atoms in total. The van der Waals surface area contributed by atoms with Gasteiger partial charge in [0.05, 0.1) is 22.5 Å². The Kier molecular flexibility index (Phi) is 5.61. The maximum atomic E-state index is 12.0. The number of hydrogen-bond donors (Lipinski definition) is 3. The van der Waals surface area contributed by atoms with Gasteiger partial charge in [-0.15, -0.1) is 0 Å². The van der Waals surface area contributed by atoms with E-state index in [1.165, 1.54) is 30.5 Å². The highest BCUT2D eigenvalue weighted by Crippen LogP contribution is 2.34. The number of carboxylic acid groups (broad SMARTS) is 1. The first-order chi connectivity index (χ1) is 11.3. The number of pyridine rings is 1. The molecule has 0 saturated heterocycles. The number of carboxylic acids is 1. The quantitative estimate of drug-likeness (QED) is 0.423. The van der Waals surface area contributed by atoms with Crippen LogP contribution in [-0.4, -0.2) is 28.2 Å². The number of aromatic nitrogens is 1. The molecule has 124 valence electrons. The van der Waals surface area contributed by atoms with E-state index in [1.54, 1.807) is 0 Å². The number of benzene rings is 1. The van der Waals surface area contributed by atoms with Crippen molar-refractivity contribution < 1.29 is 14.7 Å². The van der Waals surface area contributed by atoms with E-state index in [1.807, 2.05) is 0 Å². The third-order valence-electron chi connectivity index (χ3n) is 2.82. The number of amides is 1. The fourth-order valence-corrected chi connectivity index (χ4v) is 2.21. The minimum absolute atomic E-state index is 0.0414. The standard InChI is InChI=1S/C14H9Cl3N4O3/c15-8-10(18)9(16)12(17)20-11(8)13(22)21-19-5-6-1-3-7(4-2-6)14(23)24/h1-5H,(H2,18,20)(H,21,22)(H,23,24)/b19-5+. The van der Waals surface area contributed by atoms with Gasteiger partial charge in [0.2, 0.25) is 0 Å². The van der Waals surface area contributed by atoms with E-state index in [9.17, 15) is 9.59 Å². The zero-order valence-electron chi connectivity index (χ0n) is 11.8. The molecule has 0 fully saturated rings. The number of anilines is 1. The Hall–Kier alpha value is -2.35. The number of carbonyl (C=O) groups is 2. The Morgan fingerprint density at radius 1 is 1.17 bits per heavy atom. The number of halogens is 3. The fraction of sp³-hybridized carbons (Fsp3) is 0. The minimum atomic E-state index is -1.04. The lowest BCUT2D eigenvalue weighted by molar-refractivity contribution is 0.0696. The van der Waals surface area contributed by atoms with Gasteiger partial charge in [-0.25, -0.2) is 15.2 Å². The Morgan fingerprint density at radius 3 is 2.38 bits per heavy atom. The van der Waals surface area contributed by atoms with E-state index in [2.05, 4.69) is 15.5 Å². The van der Waals surface area contributed by atoms with Crippen LogP contribution in [0.2, 0.25) is 15.2 Å². The van der Waals surface area contributed by atoms with Gasteiger partial charge < -0.3 is 10.8 Å². The summed E-state index contributed by atoms with van der Waals surface area (Å²) < 4.78 is 0. The first-order valence-electron chi connectivity index (χ1n) is 6.28. The molecule has 0 bridgehead atoms. The lowest BCUT2D eigenvalue weighted by Gasteiger charge is -2.07. The van der Waals surface area contributed by atoms with Crippen LogP contribution in [0, 0.1) is 0 Å². The summed E-state index contributed by atoms with van der Waals surface area (Å²) in [4.78, 5) is 26.5. The largest absolute Gasteiger partial charge is 0.478 e. The Bertz CT molecular complexity index is 838. The van der Waals surface area contributed by atoms with E-state index >= 15 is 0 Å². The summed E-state index contributed by atoms with van der Waals surface area (Å²) in [7, 11) is 0. The van der Waals surface area contributed by atoms with E-state index in [-0.39, 0.29) is 32.1 Å². The topological polar surface area (TPSA) is 118 Å². The maximum absolute atomic E-state index is 12.0. The molecule has 4 N–H and O–H groups in total. The van der Waals surface area contributed by atoms with Crippen LogP contribution in [0.5, 0.6) is 0 Å². The van der Waals surface area contributed by atoms with Crippen molar-refractivity contribution in [2.75, 3.05) is 5.73 Å². The molecule has 1 amide bonds. The number of hydrazone groups is 1. The normalized spacial score (nSPS) is 10.8. The van der Waals surface area contributed by atoms with Gasteiger partial charge in [-0.2, -0.15) is 5.10 Å². The number of rotatable bonds is 4. The monoisotopic (exact) mass is 386 g/mol. The molecule has 0 atom stereocenters. The highest BCUT2D eigenvalue weighted by molar-refractivity contribution is 6.46. The second-order valence-electron chi connectivity index (χ2n) is 4.42. The molecule has 0 unspecified atom stereocenters. The summed E-state index contributed by atoms with van der Waals surface area (Å²) in [6.45, 7) is 0. The van der Waals surface area contributed by atoms with Gasteiger partial charge in [-0.05, 0) is 17.7 Å². The van der Waals surface area contributed by atoms with Gasteiger partial charge in [0.15, 0.2) is 10.8 Å². The van der Waals surface area contributed by atoms with Crippen LogP contribution in [0.1, 0.15) is 26.4 Å². The van der Waals surface area contributed by atoms with E-state index in [0.717, 1.165) is 0 Å². The highest BCUT2D eigenvalue weighted by atomic mass is 35.5. The lowest BCUT2D eigenvalue weighted by Crippen LogP contribution is -2.20. The van der Waals surface area contributed by atoms with Crippen LogP contribution in [-0.2, 0) is 0 Å². The van der Waals surface area contributed by atoms with E-state index in [0.29, 0.717) is 5.56 Å². The van der Waals surface area contributed by atoms with Crippen molar-refractivity contribution in [2.45, 2.75) is 0 Å². The number of nitrogen functional groups attached to an aromatic ring is 1. The average molecular weight is 388 g/mol. The van der Waals surface area contributed by atoms with Crippen molar-refractivity contribution in [1.82, 2.24) is 10.4 Å². The van der Waals surface area contributed by atoms with Gasteiger partial charge in [0.1, 0.15) is 5.02 Å². The van der Waals surface area contributed by atoms with Crippen molar-refractivity contribution in [1.29, 1.82) is 0 Å². The van der Waals surface area contributed by atoms with Crippen molar-refractivity contribution in [3.8, 4) is 0 Å². The van der Waals surface area contributed by atoms with Crippen LogP contribution in [0.25, 0.3) is 0 Å². The van der Waals surface area contributed by atoms with Crippen LogP contribution in [0.15, 0.2) is 29.4 Å². The van der Waals surface area contributed by atoms with Crippen molar-refractivity contribution in [3.63, 3.8) is 0 Å². The molecule has 10 heteroatoms. The molecular weight excluding hydrogens is 379 g/mol. The molecule has 0 spiro atoms. The van der Waals surface area contributed by atoms with Gasteiger partial charge in [0.25, 0.3) is 5.91 Å². The van der Waals surface area contributed by atoms with Gasteiger partial charge in [-0.1, -0.05) is 46.9 Å². The summed E-state index contributed by atoms with van der Waals surface area (Å²) in [5.74, 6) is -1.77. The molecular formula is C14H9Cl3N4O3. The molecule has 0 saturated carbocycles. The lowest BCUT2D eigenvalue weighted by atomic mass is 10.1. The third-order valence-corrected chi connectivity index (χ3v) is 3.96. The van der Waals surface area contributed by atoms with Crippen LogP contribution in [0.4, 0.5) is 5.69 Å². The molecule has 2 rings (SSSR count). The van der Waals surface area contributed by atoms with Gasteiger partial charge >= 0.3 is 5.97 Å². The number of nitrogens with zero attached hydrogens (tertiary/aromatic N) is 2. The molecule has 24 heavy (non-hydrogen) atoms. The average Bonchev–Trinajstić information content (AvgIpc) is 2.56. The van der Waals surface area contributed by atoms with Gasteiger partial charge in [-0.3, -0.25) is 4.79 Å². The predicted molar refractivity (Wildman–Crippen MR) is 92.1 cm³/mol. The molecule has 2 aromatic rings. The smallest absolute Gasteiger partial charge is 0.335 e. The number of aromatic carboxylic acids is 1. The second kappa shape index (κ2) is 7.48. The van der Waals surface area contributed by atoms with Crippen LogP contribution in [0.3, 0.4) is 0 Å². The zero-order valence-corrected chi connectivity index (χ0v) is 14.0. The number of nitrogens with two attached hydrogens (primary N) is 1. The maximum Gasteiger partial charge on any atom is 0.335 e. The molecule has 1 aromatic carbocycles. The number of carbonyl (C=O) groups excluding carboxylic acids is 1. The van der Waals surface area contributed by atoms with Gasteiger partial charge in [0, 0.05) is 0 Å². The summed E-state index contributed by atoms with van der Waals surface area (Å²) in [5, 5.41) is 12.2. The predicted octanol–water partition coefficient (Wildman–Crippen LogP) is 3.09. The second-order valence-corrected chi connectivity index (χ2v) is 5.53. The summed E-state index contributed by atoms with van der Waals surface area (Å²) >= 11 is 17.4. The first-order valence-corrected chi connectivity index (χ1v) is 7.41. The Morgan fingerprint density at radius 2 is 1.79 bits per heavy atom. The molecule has 1 heterocycles. The van der Waals surface area contributed by atoms with Crippen molar-refractivity contribution in [2.24, 2.45) is 5.10 Å². The summed E-state index contributed by atoms with van der Waals surface area (Å²) in [6.07, 6.45) is 1.32. The third kappa shape index (κ3) is 3.94. The minimum Gasteiger partial charge on any atom is -0.478 e. The Labute approximate surface area is 151 Å². The van der Waals surface area contributed by atoms with Crippen molar-refractivity contribution >= 4 is 58.6 Å². The molecule has 0 radical (unpaired) electrons. The fourth-order valence-electron chi connectivity index (χ4n) is 1.61. The van der Waals surface area contributed by atoms with Crippen LogP contribution >= 0.6 is 34.8 Å². The number of hydrogen-bond acceptors (Lipinski definition) is 5. The van der Waals surface area contributed by atoms with Crippen molar-refractivity contribution in [3.05, 3.63) is 56.3 Å². The molecule has 0 aliphatic carbocycles. The zero-order chi connectivity index (χ0) is 17.9. The number of nitrogens with one attached hydrogen (secondary N) is 1. The van der Waals surface area contributed by atoms with Crippen LogP contribution < -0.4 is 11.2 Å².